The van der Waals surface area contributed by atoms with Crippen LogP contribution in [0.4, 0.5) is 0 Å². The van der Waals surface area contributed by atoms with Crippen LogP contribution in [0.1, 0.15) is 24.1 Å². The highest BCUT2D eigenvalue weighted by Gasteiger charge is 2.18. The predicted octanol–water partition coefficient (Wildman–Crippen LogP) is 1.56. The Morgan fingerprint density at radius 3 is 2.81 bits per heavy atom. The van der Waals surface area contributed by atoms with Gasteiger partial charge >= 0.3 is 0 Å². The van der Waals surface area contributed by atoms with E-state index in [2.05, 4.69) is 22.9 Å². The molecule has 2 N–H and O–H groups in total. The van der Waals surface area contributed by atoms with Crippen molar-refractivity contribution < 1.29 is 0 Å². The summed E-state index contributed by atoms with van der Waals surface area (Å²) in [5, 5.41) is 0. The van der Waals surface area contributed by atoms with Crippen LogP contribution < -0.4 is 5.73 Å². The molecule has 0 aromatic carbocycles. The van der Waals surface area contributed by atoms with Gasteiger partial charge in [-0.05, 0) is 56.9 Å². The minimum absolute atomic E-state index is 0.737. The SMILES string of the molecule is Cc1cccnc1CN1CCC(CN)CC1. The smallest absolute Gasteiger partial charge is 0.0573 e. The van der Waals surface area contributed by atoms with E-state index in [0.29, 0.717) is 0 Å². The molecule has 3 nitrogen and oxygen atoms in total. The number of aryl methyl sites for hydroxylation is 1. The van der Waals surface area contributed by atoms with Crippen molar-refractivity contribution in [3.8, 4) is 0 Å². The normalized spacial score (nSPS) is 18.9. The quantitative estimate of drug-likeness (QED) is 0.839. The van der Waals surface area contributed by atoms with Crippen LogP contribution in [0.5, 0.6) is 0 Å². The number of rotatable bonds is 3. The number of nitrogens with two attached hydrogens (primary N) is 1. The van der Waals surface area contributed by atoms with Crippen LogP contribution in [-0.2, 0) is 6.54 Å². The zero-order chi connectivity index (χ0) is 11.4. The van der Waals surface area contributed by atoms with E-state index in [4.69, 9.17) is 5.73 Å². The van der Waals surface area contributed by atoms with Crippen molar-refractivity contribution in [1.29, 1.82) is 0 Å². The number of nitrogens with zero attached hydrogens (tertiary/aromatic N) is 2. The van der Waals surface area contributed by atoms with Crippen LogP contribution in [0.2, 0.25) is 0 Å². The Balaban J connectivity index is 1.89. The molecular weight excluding hydrogens is 198 g/mol. The Bertz CT molecular complexity index is 330. The van der Waals surface area contributed by atoms with Crippen molar-refractivity contribution in [3.05, 3.63) is 29.6 Å². The van der Waals surface area contributed by atoms with Gasteiger partial charge in [0.2, 0.25) is 0 Å². The molecule has 2 heterocycles. The topological polar surface area (TPSA) is 42.2 Å². The molecule has 1 aromatic rings. The molecule has 88 valence electrons. The summed E-state index contributed by atoms with van der Waals surface area (Å²) in [6.45, 7) is 6.30. The number of pyridine rings is 1. The molecule has 0 radical (unpaired) electrons. The largest absolute Gasteiger partial charge is 0.330 e. The summed E-state index contributed by atoms with van der Waals surface area (Å²) in [7, 11) is 0. The Morgan fingerprint density at radius 1 is 1.44 bits per heavy atom. The van der Waals surface area contributed by atoms with Gasteiger partial charge in [0.15, 0.2) is 0 Å². The minimum Gasteiger partial charge on any atom is -0.330 e. The summed E-state index contributed by atoms with van der Waals surface area (Å²) >= 11 is 0. The number of hydrogen-bond acceptors (Lipinski definition) is 3. The van der Waals surface area contributed by atoms with Crippen molar-refractivity contribution in [3.63, 3.8) is 0 Å². The molecule has 2 rings (SSSR count). The lowest BCUT2D eigenvalue weighted by atomic mass is 9.97. The van der Waals surface area contributed by atoms with Crippen LogP contribution in [-0.4, -0.2) is 29.5 Å². The van der Waals surface area contributed by atoms with Crippen LogP contribution in [0, 0.1) is 12.8 Å². The molecule has 1 aliphatic heterocycles. The molecule has 0 atom stereocenters. The second-order valence-corrected chi connectivity index (χ2v) is 4.72. The molecule has 3 heteroatoms. The summed E-state index contributed by atoms with van der Waals surface area (Å²) in [5.41, 5.74) is 8.21. The van der Waals surface area contributed by atoms with E-state index >= 15 is 0 Å². The molecule has 0 spiro atoms. The molecule has 0 amide bonds. The van der Waals surface area contributed by atoms with Crippen molar-refractivity contribution >= 4 is 0 Å². The molecule has 0 aliphatic carbocycles. The van der Waals surface area contributed by atoms with Gasteiger partial charge in [-0.2, -0.15) is 0 Å². The van der Waals surface area contributed by atoms with Crippen molar-refractivity contribution in [2.75, 3.05) is 19.6 Å². The van der Waals surface area contributed by atoms with E-state index in [1.54, 1.807) is 0 Å². The number of hydrogen-bond donors (Lipinski definition) is 1. The maximum Gasteiger partial charge on any atom is 0.0573 e. The van der Waals surface area contributed by atoms with Crippen LogP contribution in [0.15, 0.2) is 18.3 Å². The Hall–Kier alpha value is -0.930. The number of aromatic nitrogens is 1. The zero-order valence-corrected chi connectivity index (χ0v) is 10.0. The highest BCUT2D eigenvalue weighted by atomic mass is 15.1. The van der Waals surface area contributed by atoms with Gasteiger partial charge in [-0.15, -0.1) is 0 Å². The summed E-state index contributed by atoms with van der Waals surface area (Å²) < 4.78 is 0. The lowest BCUT2D eigenvalue weighted by Crippen LogP contribution is -2.35. The summed E-state index contributed by atoms with van der Waals surface area (Å²) in [6, 6.07) is 4.13. The fraction of sp³-hybridized carbons (Fsp3) is 0.615. The van der Waals surface area contributed by atoms with Crippen LogP contribution in [0.3, 0.4) is 0 Å². The molecule has 0 saturated carbocycles. The van der Waals surface area contributed by atoms with Gasteiger partial charge in [0, 0.05) is 12.7 Å². The third kappa shape index (κ3) is 2.80. The molecular formula is C13H21N3. The lowest BCUT2D eigenvalue weighted by molar-refractivity contribution is 0.178. The first kappa shape index (κ1) is 11.6. The highest BCUT2D eigenvalue weighted by molar-refractivity contribution is 5.17. The van der Waals surface area contributed by atoms with Crippen molar-refractivity contribution in [1.82, 2.24) is 9.88 Å². The molecule has 1 saturated heterocycles. The van der Waals surface area contributed by atoms with Gasteiger partial charge in [0.1, 0.15) is 0 Å². The van der Waals surface area contributed by atoms with Crippen molar-refractivity contribution in [2.45, 2.75) is 26.3 Å². The second kappa shape index (κ2) is 5.41. The Kier molecular flexibility index (Phi) is 3.91. The monoisotopic (exact) mass is 219 g/mol. The molecule has 0 unspecified atom stereocenters. The van der Waals surface area contributed by atoms with E-state index in [1.165, 1.54) is 24.1 Å². The van der Waals surface area contributed by atoms with E-state index in [1.807, 2.05) is 12.3 Å². The molecule has 16 heavy (non-hydrogen) atoms. The second-order valence-electron chi connectivity index (χ2n) is 4.72. The maximum absolute atomic E-state index is 5.69. The van der Waals surface area contributed by atoms with E-state index in [-0.39, 0.29) is 0 Å². The highest BCUT2D eigenvalue weighted by Crippen LogP contribution is 2.18. The van der Waals surface area contributed by atoms with E-state index < -0.39 is 0 Å². The standard InChI is InChI=1S/C13H21N3/c1-11-3-2-6-15-13(11)10-16-7-4-12(9-14)5-8-16/h2-3,6,12H,4-5,7-10,14H2,1H3. The molecule has 1 aliphatic rings. The van der Waals surface area contributed by atoms with Gasteiger partial charge in [-0.25, -0.2) is 0 Å². The Labute approximate surface area is 97.7 Å². The first-order valence-electron chi connectivity index (χ1n) is 6.12. The number of piperidine rings is 1. The molecule has 1 aromatic heterocycles. The molecule has 0 bridgehead atoms. The maximum atomic E-state index is 5.69. The average Bonchev–Trinajstić information content (AvgIpc) is 2.33. The Morgan fingerprint density at radius 2 is 2.19 bits per heavy atom. The molecule has 1 fully saturated rings. The van der Waals surface area contributed by atoms with Gasteiger partial charge in [0.25, 0.3) is 0 Å². The minimum atomic E-state index is 0.737. The fourth-order valence-corrected chi connectivity index (χ4v) is 2.28. The predicted molar refractivity (Wildman–Crippen MR) is 66.0 cm³/mol. The third-order valence-corrected chi connectivity index (χ3v) is 3.53. The van der Waals surface area contributed by atoms with Gasteiger partial charge < -0.3 is 5.73 Å². The van der Waals surface area contributed by atoms with Gasteiger partial charge in [-0.3, -0.25) is 9.88 Å². The first-order valence-corrected chi connectivity index (χ1v) is 6.12. The number of likely N-dealkylation sites (tertiary alicyclic amines) is 1. The summed E-state index contributed by atoms with van der Waals surface area (Å²) in [6.07, 6.45) is 4.36. The zero-order valence-electron chi connectivity index (χ0n) is 10.0. The van der Waals surface area contributed by atoms with Gasteiger partial charge in [0.05, 0.1) is 5.69 Å². The van der Waals surface area contributed by atoms with E-state index in [0.717, 1.165) is 32.1 Å². The van der Waals surface area contributed by atoms with Crippen LogP contribution >= 0.6 is 0 Å². The van der Waals surface area contributed by atoms with Crippen LogP contribution in [0.25, 0.3) is 0 Å². The van der Waals surface area contributed by atoms with Gasteiger partial charge in [-0.1, -0.05) is 6.07 Å². The van der Waals surface area contributed by atoms with Crippen molar-refractivity contribution in [2.24, 2.45) is 11.7 Å². The average molecular weight is 219 g/mol. The summed E-state index contributed by atoms with van der Waals surface area (Å²) in [4.78, 5) is 6.93. The fourth-order valence-electron chi connectivity index (χ4n) is 2.28. The van der Waals surface area contributed by atoms with E-state index in [9.17, 15) is 0 Å². The third-order valence-electron chi connectivity index (χ3n) is 3.53. The lowest BCUT2D eigenvalue weighted by Gasteiger charge is -2.31. The first-order chi connectivity index (χ1) is 7.79. The summed E-state index contributed by atoms with van der Waals surface area (Å²) in [5.74, 6) is 0.737.